The molecule has 0 amide bonds. The van der Waals surface area contributed by atoms with Crippen molar-refractivity contribution in [3.63, 3.8) is 0 Å². The highest BCUT2D eigenvalue weighted by Gasteiger charge is 2.14. The number of nitrogens with zero attached hydrogens (tertiary/aromatic N) is 2. The maximum absolute atomic E-state index is 11.4. The Hall–Kier alpha value is -0.710. The molecule has 0 aliphatic carbocycles. The van der Waals surface area contributed by atoms with E-state index in [9.17, 15) is 4.79 Å². The zero-order valence-electron chi connectivity index (χ0n) is 13.6. The third kappa shape index (κ3) is 8.46. The van der Waals surface area contributed by atoms with Gasteiger partial charge in [0.15, 0.2) is 0 Å². The molecule has 0 spiro atoms. The van der Waals surface area contributed by atoms with Crippen LogP contribution in [0.25, 0.3) is 0 Å². The summed E-state index contributed by atoms with van der Waals surface area (Å²) in [6, 6.07) is 0. The van der Waals surface area contributed by atoms with Crippen molar-refractivity contribution in [1.29, 1.82) is 0 Å². The second-order valence-corrected chi connectivity index (χ2v) is 5.26. The number of hydrogen-bond acceptors (Lipinski definition) is 4. The van der Waals surface area contributed by atoms with Crippen LogP contribution in [0.15, 0.2) is 13.2 Å². The van der Waals surface area contributed by atoms with Crippen LogP contribution < -0.4 is 0 Å². The first-order valence-corrected chi connectivity index (χ1v) is 7.68. The molecule has 0 radical (unpaired) electrons. The lowest BCUT2D eigenvalue weighted by atomic mass is 10.1. The van der Waals surface area contributed by atoms with Crippen LogP contribution in [-0.2, 0) is 9.53 Å². The summed E-state index contributed by atoms with van der Waals surface area (Å²) in [6.07, 6.45) is 0.557. The molecule has 1 fully saturated rings. The average molecular weight is 284 g/mol. The minimum atomic E-state index is 0.135. The van der Waals surface area contributed by atoms with Gasteiger partial charge in [0.2, 0.25) is 0 Å². The summed E-state index contributed by atoms with van der Waals surface area (Å²) < 4.78 is 5.53. The molecule has 4 nitrogen and oxygen atoms in total. The third-order valence-electron chi connectivity index (χ3n) is 3.60. The van der Waals surface area contributed by atoms with Gasteiger partial charge in [0.05, 0.1) is 13.2 Å². The van der Waals surface area contributed by atoms with E-state index in [-0.39, 0.29) is 5.92 Å². The van der Waals surface area contributed by atoms with Crippen molar-refractivity contribution in [2.75, 3.05) is 52.5 Å². The lowest BCUT2D eigenvalue weighted by Gasteiger charge is -2.33. The highest BCUT2D eigenvalue weighted by atomic mass is 16.5. The lowest BCUT2D eigenvalue weighted by molar-refractivity contribution is -0.123. The van der Waals surface area contributed by atoms with E-state index < -0.39 is 0 Å². The minimum Gasteiger partial charge on any atom is -0.380 e. The molecule has 0 atom stereocenters. The van der Waals surface area contributed by atoms with E-state index in [4.69, 9.17) is 4.74 Å². The maximum Gasteiger partial charge on any atom is 0.137 e. The molecule has 118 valence electrons. The quantitative estimate of drug-likeness (QED) is 0.504. The molecule has 1 aliphatic heterocycles. The van der Waals surface area contributed by atoms with Crippen LogP contribution in [0, 0.1) is 5.92 Å². The molecule has 1 aliphatic rings. The van der Waals surface area contributed by atoms with Crippen molar-refractivity contribution in [3.05, 3.63) is 13.2 Å². The molecular weight excluding hydrogens is 252 g/mol. The van der Waals surface area contributed by atoms with Gasteiger partial charge in [0.25, 0.3) is 0 Å². The Morgan fingerprint density at radius 1 is 1.10 bits per heavy atom. The van der Waals surface area contributed by atoms with Crippen molar-refractivity contribution in [1.82, 2.24) is 9.80 Å². The van der Waals surface area contributed by atoms with Crippen LogP contribution in [0.5, 0.6) is 0 Å². The summed E-state index contributed by atoms with van der Waals surface area (Å²) >= 11 is 0. The van der Waals surface area contributed by atoms with Gasteiger partial charge in [-0.05, 0) is 6.54 Å². The first kappa shape index (κ1) is 19.3. The van der Waals surface area contributed by atoms with E-state index in [1.807, 2.05) is 13.8 Å². The summed E-state index contributed by atoms with van der Waals surface area (Å²) in [5.74, 6) is 0.433. The first-order valence-electron chi connectivity index (χ1n) is 7.68. The van der Waals surface area contributed by atoms with Crippen molar-refractivity contribution in [2.45, 2.75) is 27.2 Å². The van der Waals surface area contributed by atoms with Gasteiger partial charge in [-0.25, -0.2) is 0 Å². The molecule has 0 bridgehead atoms. The highest BCUT2D eigenvalue weighted by molar-refractivity contribution is 5.80. The Morgan fingerprint density at radius 3 is 2.15 bits per heavy atom. The predicted octanol–water partition coefficient (Wildman–Crippen LogP) is 2.06. The van der Waals surface area contributed by atoms with Crippen LogP contribution in [0.3, 0.4) is 0 Å². The molecular formula is C16H32N2O2. The van der Waals surface area contributed by atoms with Crippen molar-refractivity contribution in [3.8, 4) is 0 Å². The fraction of sp³-hybridized carbons (Fsp3) is 0.812. The Kier molecular flexibility index (Phi) is 11.6. The summed E-state index contributed by atoms with van der Waals surface area (Å²) in [6.45, 7) is 20.2. The number of ketones is 1. The largest absolute Gasteiger partial charge is 0.380 e. The van der Waals surface area contributed by atoms with Crippen molar-refractivity contribution >= 4 is 5.78 Å². The van der Waals surface area contributed by atoms with Crippen LogP contribution in [0.1, 0.15) is 27.2 Å². The monoisotopic (exact) mass is 284 g/mol. The number of carbonyl (C=O) groups excluding carboxylic acids is 1. The second kappa shape index (κ2) is 12.1. The number of ether oxygens (including phenoxy) is 1. The molecule has 0 aromatic carbocycles. The standard InChI is InChI=1S/C14H28N2O2.C2H4/c1-4-15-6-8-16(9-7-15)10-12-18-11-5-14(17)13(2)3;1-2/h13H,4-12H2,1-3H3;1-2H2. The fourth-order valence-electron chi connectivity index (χ4n) is 2.09. The van der Waals surface area contributed by atoms with E-state index in [2.05, 4.69) is 29.9 Å². The van der Waals surface area contributed by atoms with Gasteiger partial charge in [-0.15, -0.1) is 13.2 Å². The number of Topliss-reactive ketones (excluding diaryl/α,β-unsaturated/α-hetero) is 1. The normalized spacial score (nSPS) is 16.8. The van der Waals surface area contributed by atoms with Crippen molar-refractivity contribution in [2.24, 2.45) is 5.92 Å². The SMILES string of the molecule is C=C.CCN1CCN(CCOCCC(=O)C(C)C)CC1. The molecule has 0 aromatic rings. The fourth-order valence-corrected chi connectivity index (χ4v) is 2.09. The number of rotatable bonds is 8. The van der Waals surface area contributed by atoms with E-state index in [1.54, 1.807) is 0 Å². The molecule has 4 heteroatoms. The Labute approximate surface area is 124 Å². The van der Waals surface area contributed by atoms with Gasteiger partial charge in [-0.2, -0.15) is 0 Å². The maximum atomic E-state index is 11.4. The second-order valence-electron chi connectivity index (χ2n) is 5.26. The van der Waals surface area contributed by atoms with Gasteiger partial charge in [-0.3, -0.25) is 9.69 Å². The Morgan fingerprint density at radius 2 is 1.65 bits per heavy atom. The molecule has 1 saturated heterocycles. The summed E-state index contributed by atoms with van der Waals surface area (Å²) in [4.78, 5) is 16.3. The molecule has 20 heavy (non-hydrogen) atoms. The number of hydrogen-bond donors (Lipinski definition) is 0. The average Bonchev–Trinajstić information content (AvgIpc) is 2.49. The van der Waals surface area contributed by atoms with Crippen LogP contribution >= 0.6 is 0 Å². The molecule has 1 rings (SSSR count). The molecule has 0 aromatic heterocycles. The van der Waals surface area contributed by atoms with Gasteiger partial charge < -0.3 is 9.64 Å². The molecule has 0 unspecified atom stereocenters. The minimum absolute atomic E-state index is 0.135. The lowest BCUT2D eigenvalue weighted by Crippen LogP contribution is -2.47. The predicted molar refractivity (Wildman–Crippen MR) is 85.1 cm³/mol. The van der Waals surface area contributed by atoms with Crippen LogP contribution in [-0.4, -0.2) is 68.1 Å². The topological polar surface area (TPSA) is 32.8 Å². The van der Waals surface area contributed by atoms with Gasteiger partial charge >= 0.3 is 0 Å². The van der Waals surface area contributed by atoms with Crippen molar-refractivity contribution < 1.29 is 9.53 Å². The summed E-state index contributed by atoms with van der Waals surface area (Å²) in [5, 5.41) is 0. The third-order valence-corrected chi connectivity index (χ3v) is 3.60. The van der Waals surface area contributed by atoms with E-state index in [0.717, 1.165) is 32.8 Å². The molecule has 0 saturated carbocycles. The number of likely N-dealkylation sites (N-methyl/N-ethyl adjacent to an activating group) is 1. The zero-order valence-corrected chi connectivity index (χ0v) is 13.6. The van der Waals surface area contributed by atoms with Gasteiger partial charge in [-0.1, -0.05) is 20.8 Å². The van der Waals surface area contributed by atoms with Crippen LogP contribution in [0.2, 0.25) is 0 Å². The first-order chi connectivity index (χ1) is 9.63. The zero-order chi connectivity index (χ0) is 15.4. The summed E-state index contributed by atoms with van der Waals surface area (Å²) in [5.41, 5.74) is 0. The highest BCUT2D eigenvalue weighted by Crippen LogP contribution is 2.01. The Bertz CT molecular complexity index is 249. The number of piperazine rings is 1. The van der Waals surface area contributed by atoms with E-state index in [1.165, 1.54) is 13.1 Å². The van der Waals surface area contributed by atoms with E-state index >= 15 is 0 Å². The smallest absolute Gasteiger partial charge is 0.137 e. The Balaban J connectivity index is 0.00000172. The van der Waals surface area contributed by atoms with Crippen LogP contribution in [0.4, 0.5) is 0 Å². The van der Waals surface area contributed by atoms with Gasteiger partial charge in [0, 0.05) is 45.1 Å². The summed E-state index contributed by atoms with van der Waals surface area (Å²) in [7, 11) is 0. The molecule has 1 heterocycles. The van der Waals surface area contributed by atoms with Gasteiger partial charge in [0.1, 0.15) is 5.78 Å². The number of carbonyl (C=O) groups is 1. The molecule has 0 N–H and O–H groups in total. The van der Waals surface area contributed by atoms with E-state index in [0.29, 0.717) is 18.8 Å².